The van der Waals surface area contributed by atoms with Crippen LogP contribution in [-0.2, 0) is 11.3 Å². The van der Waals surface area contributed by atoms with Crippen molar-refractivity contribution in [2.45, 2.75) is 45.7 Å². The molecule has 0 saturated heterocycles. The van der Waals surface area contributed by atoms with E-state index in [1.165, 1.54) is 23.1 Å². The molecule has 2 fully saturated rings. The third kappa shape index (κ3) is 2.24. The minimum atomic E-state index is -0.615. The van der Waals surface area contributed by atoms with Gasteiger partial charge in [-0.25, -0.2) is 0 Å². The third-order valence-corrected chi connectivity index (χ3v) is 5.45. The predicted octanol–water partition coefficient (Wildman–Crippen LogP) is 2.89. The molecule has 0 radical (unpaired) electrons. The summed E-state index contributed by atoms with van der Waals surface area (Å²) in [7, 11) is 0. The van der Waals surface area contributed by atoms with Gasteiger partial charge in [-0.15, -0.1) is 0 Å². The Morgan fingerprint density at radius 1 is 1.30 bits per heavy atom. The molecule has 3 heteroatoms. The van der Waals surface area contributed by atoms with Gasteiger partial charge in [0.2, 0.25) is 0 Å². The van der Waals surface area contributed by atoms with E-state index in [9.17, 15) is 9.90 Å². The number of hydrogen-bond donors (Lipinski definition) is 2. The lowest BCUT2D eigenvalue weighted by Crippen LogP contribution is -2.43. The Balaban J connectivity index is 1.71. The highest BCUT2D eigenvalue weighted by Crippen LogP contribution is 2.48. The van der Waals surface area contributed by atoms with Gasteiger partial charge in [-0.05, 0) is 61.6 Å². The Morgan fingerprint density at radius 3 is 2.80 bits per heavy atom. The molecule has 108 valence electrons. The summed E-state index contributed by atoms with van der Waals surface area (Å²) >= 11 is 0. The van der Waals surface area contributed by atoms with E-state index in [0.29, 0.717) is 11.8 Å². The summed E-state index contributed by atoms with van der Waals surface area (Å²) < 4.78 is 0. The van der Waals surface area contributed by atoms with Crippen LogP contribution in [0.25, 0.3) is 0 Å². The standard InChI is InChI=1S/C17H23NO2/c1-10-4-3-5-14(11(10)2)9-18-16-13-7-6-12(8-13)15(16)17(19)20/h3-5,12-13,15-16,18H,6-9H2,1-2H3,(H,19,20). The highest BCUT2D eigenvalue weighted by Gasteiger charge is 2.50. The molecule has 1 aromatic carbocycles. The first-order valence-corrected chi connectivity index (χ1v) is 7.59. The van der Waals surface area contributed by atoms with Crippen molar-refractivity contribution in [1.82, 2.24) is 5.32 Å². The van der Waals surface area contributed by atoms with Gasteiger partial charge in [0.05, 0.1) is 5.92 Å². The van der Waals surface area contributed by atoms with Crippen molar-refractivity contribution in [1.29, 1.82) is 0 Å². The first kappa shape index (κ1) is 13.6. The number of nitrogens with one attached hydrogen (secondary N) is 1. The number of aliphatic carboxylic acids is 1. The van der Waals surface area contributed by atoms with Crippen LogP contribution in [-0.4, -0.2) is 17.1 Å². The van der Waals surface area contributed by atoms with E-state index in [1.54, 1.807) is 0 Å². The van der Waals surface area contributed by atoms with Crippen molar-refractivity contribution in [2.75, 3.05) is 0 Å². The number of benzene rings is 1. The number of aryl methyl sites for hydroxylation is 1. The van der Waals surface area contributed by atoms with Gasteiger partial charge >= 0.3 is 5.97 Å². The van der Waals surface area contributed by atoms with Crippen molar-refractivity contribution >= 4 is 5.97 Å². The highest BCUT2D eigenvalue weighted by atomic mass is 16.4. The van der Waals surface area contributed by atoms with E-state index < -0.39 is 5.97 Å². The molecule has 2 bridgehead atoms. The number of fused-ring (bicyclic) bond motifs is 2. The molecular weight excluding hydrogens is 250 g/mol. The van der Waals surface area contributed by atoms with Gasteiger partial charge in [0.25, 0.3) is 0 Å². The molecule has 0 aliphatic heterocycles. The molecule has 2 saturated carbocycles. The van der Waals surface area contributed by atoms with Crippen molar-refractivity contribution in [2.24, 2.45) is 17.8 Å². The summed E-state index contributed by atoms with van der Waals surface area (Å²) in [5.41, 5.74) is 3.90. The fourth-order valence-corrected chi connectivity index (χ4v) is 4.17. The largest absolute Gasteiger partial charge is 0.481 e. The number of carboxylic acid groups (broad SMARTS) is 1. The molecule has 0 aromatic heterocycles. The summed E-state index contributed by atoms with van der Waals surface area (Å²) in [5.74, 6) is 0.161. The topological polar surface area (TPSA) is 49.3 Å². The number of carboxylic acids is 1. The average Bonchev–Trinajstić information content (AvgIpc) is 3.00. The average molecular weight is 273 g/mol. The van der Waals surface area contributed by atoms with Gasteiger partial charge in [0, 0.05) is 12.6 Å². The number of hydrogen-bond acceptors (Lipinski definition) is 2. The second kappa shape index (κ2) is 5.21. The molecule has 2 N–H and O–H groups in total. The van der Waals surface area contributed by atoms with Gasteiger partial charge in [-0.2, -0.15) is 0 Å². The Bertz CT molecular complexity index is 526. The lowest BCUT2D eigenvalue weighted by Gasteiger charge is -2.29. The van der Waals surface area contributed by atoms with E-state index in [1.807, 2.05) is 0 Å². The molecule has 3 nitrogen and oxygen atoms in total. The molecule has 3 rings (SSSR count). The fourth-order valence-electron chi connectivity index (χ4n) is 4.17. The maximum Gasteiger partial charge on any atom is 0.308 e. The maximum absolute atomic E-state index is 11.5. The van der Waals surface area contributed by atoms with E-state index in [0.717, 1.165) is 19.4 Å². The SMILES string of the molecule is Cc1cccc(CNC2C3CCC(C3)C2C(=O)O)c1C. The van der Waals surface area contributed by atoms with E-state index in [4.69, 9.17) is 0 Å². The summed E-state index contributed by atoms with van der Waals surface area (Å²) in [6.45, 7) is 5.05. The molecule has 4 atom stereocenters. The second-order valence-electron chi connectivity index (χ2n) is 6.46. The van der Waals surface area contributed by atoms with Crippen LogP contribution in [0.5, 0.6) is 0 Å². The quantitative estimate of drug-likeness (QED) is 0.887. The zero-order valence-electron chi connectivity index (χ0n) is 12.2. The minimum absolute atomic E-state index is 0.158. The zero-order chi connectivity index (χ0) is 14.3. The normalized spacial score (nSPS) is 31.7. The first-order chi connectivity index (χ1) is 9.58. The van der Waals surface area contributed by atoms with Crippen LogP contribution in [0, 0.1) is 31.6 Å². The van der Waals surface area contributed by atoms with Gasteiger partial charge in [-0.3, -0.25) is 4.79 Å². The van der Waals surface area contributed by atoms with Crippen LogP contribution < -0.4 is 5.32 Å². The van der Waals surface area contributed by atoms with Crippen LogP contribution in [0.2, 0.25) is 0 Å². The highest BCUT2D eigenvalue weighted by molar-refractivity contribution is 5.72. The summed E-state index contributed by atoms with van der Waals surface area (Å²) in [6, 6.07) is 6.50. The Hall–Kier alpha value is -1.35. The zero-order valence-corrected chi connectivity index (χ0v) is 12.2. The molecule has 20 heavy (non-hydrogen) atoms. The second-order valence-corrected chi connectivity index (χ2v) is 6.46. The van der Waals surface area contributed by atoms with E-state index in [-0.39, 0.29) is 12.0 Å². The third-order valence-electron chi connectivity index (χ3n) is 5.45. The van der Waals surface area contributed by atoms with Crippen molar-refractivity contribution in [3.63, 3.8) is 0 Å². The molecule has 0 spiro atoms. The van der Waals surface area contributed by atoms with Gasteiger partial charge in [0.1, 0.15) is 0 Å². The predicted molar refractivity (Wildman–Crippen MR) is 78.5 cm³/mol. The van der Waals surface area contributed by atoms with E-state index >= 15 is 0 Å². The lowest BCUT2D eigenvalue weighted by molar-refractivity contribution is -0.144. The summed E-state index contributed by atoms with van der Waals surface area (Å²) in [6.07, 6.45) is 3.39. The molecule has 0 heterocycles. The fraction of sp³-hybridized carbons (Fsp3) is 0.588. The monoisotopic (exact) mass is 273 g/mol. The molecular formula is C17H23NO2. The van der Waals surface area contributed by atoms with Gasteiger partial charge < -0.3 is 10.4 Å². The smallest absolute Gasteiger partial charge is 0.308 e. The number of carbonyl (C=O) groups is 1. The first-order valence-electron chi connectivity index (χ1n) is 7.59. The molecule has 2 aliphatic carbocycles. The molecule has 2 aliphatic rings. The summed E-state index contributed by atoms with van der Waals surface area (Å²) in [5, 5.41) is 13.0. The van der Waals surface area contributed by atoms with Crippen molar-refractivity contribution in [3.05, 3.63) is 34.9 Å². The Morgan fingerprint density at radius 2 is 2.05 bits per heavy atom. The molecule has 4 unspecified atom stereocenters. The van der Waals surface area contributed by atoms with Gasteiger partial charge in [-0.1, -0.05) is 18.2 Å². The Labute approximate surface area is 120 Å². The molecule has 0 amide bonds. The van der Waals surface area contributed by atoms with Crippen molar-refractivity contribution in [3.8, 4) is 0 Å². The van der Waals surface area contributed by atoms with Crippen LogP contribution in [0.4, 0.5) is 0 Å². The summed E-state index contributed by atoms with van der Waals surface area (Å²) in [4.78, 5) is 11.5. The van der Waals surface area contributed by atoms with Crippen LogP contribution in [0.3, 0.4) is 0 Å². The minimum Gasteiger partial charge on any atom is -0.481 e. The molecule has 1 aromatic rings. The Kier molecular flexibility index (Phi) is 3.55. The maximum atomic E-state index is 11.5. The van der Waals surface area contributed by atoms with E-state index in [2.05, 4.69) is 37.4 Å². The number of rotatable bonds is 4. The van der Waals surface area contributed by atoms with Crippen LogP contribution in [0.15, 0.2) is 18.2 Å². The lowest BCUT2D eigenvalue weighted by atomic mass is 9.84. The van der Waals surface area contributed by atoms with Gasteiger partial charge in [0.15, 0.2) is 0 Å². The van der Waals surface area contributed by atoms with Crippen LogP contribution >= 0.6 is 0 Å². The van der Waals surface area contributed by atoms with Crippen molar-refractivity contribution < 1.29 is 9.90 Å². The van der Waals surface area contributed by atoms with Crippen LogP contribution in [0.1, 0.15) is 36.0 Å².